The van der Waals surface area contributed by atoms with Crippen molar-refractivity contribution in [2.45, 2.75) is 12.8 Å². The molecule has 0 amide bonds. The predicted octanol–water partition coefficient (Wildman–Crippen LogP) is 2.25. The van der Waals surface area contributed by atoms with E-state index in [4.69, 9.17) is 0 Å². The summed E-state index contributed by atoms with van der Waals surface area (Å²) in [5.41, 5.74) is -1.17. The summed E-state index contributed by atoms with van der Waals surface area (Å²) in [6, 6.07) is 0. The molecule has 1 rings (SSSR count). The molecule has 18 heavy (non-hydrogen) atoms. The number of methoxy groups -OCH3 is 1. The number of nitro groups is 1. The van der Waals surface area contributed by atoms with Gasteiger partial charge in [-0.2, -0.15) is 0 Å². The Labute approximate surface area is 114 Å². The lowest BCUT2D eigenvalue weighted by atomic mass is 10.1. The van der Waals surface area contributed by atoms with Crippen molar-refractivity contribution in [2.24, 2.45) is 0 Å². The molecule has 1 aromatic rings. The fourth-order valence-electron chi connectivity index (χ4n) is 1.23. The molecule has 98 valence electrons. The lowest BCUT2D eigenvalue weighted by Crippen LogP contribution is -2.11. The summed E-state index contributed by atoms with van der Waals surface area (Å²) < 4.78 is 29.5. The van der Waals surface area contributed by atoms with E-state index in [9.17, 15) is 23.7 Å². The van der Waals surface area contributed by atoms with Crippen molar-refractivity contribution in [3.05, 3.63) is 31.1 Å². The minimum absolute atomic E-state index is 0.0952. The second-order valence-electron chi connectivity index (χ2n) is 3.13. The highest BCUT2D eigenvalue weighted by Gasteiger charge is 2.26. The molecule has 0 fully saturated rings. The van der Waals surface area contributed by atoms with Gasteiger partial charge in [0.15, 0.2) is 0 Å². The van der Waals surface area contributed by atoms with E-state index in [-0.39, 0.29) is 9.13 Å². The molecule has 6 nitrogen and oxygen atoms in total. The molecule has 0 aliphatic carbocycles. The van der Waals surface area contributed by atoms with Gasteiger partial charge < -0.3 is 4.74 Å². The Morgan fingerprint density at radius 1 is 1.67 bits per heavy atom. The van der Waals surface area contributed by atoms with Crippen LogP contribution in [0.3, 0.4) is 0 Å². The fourth-order valence-corrected chi connectivity index (χ4v) is 2.07. The average Bonchev–Trinajstić information content (AvgIpc) is 2.30. The average molecular weight is 372 g/mol. The Kier molecular flexibility index (Phi) is 4.87. The standard InChI is InChI=1S/C9H7F2IN2O4/c1-18-6(15)2-4-5(14(16)17)3-13-8(7(4)12)9(10)11/h3,9H,2H2,1H3. The molecule has 0 spiro atoms. The van der Waals surface area contributed by atoms with E-state index < -0.39 is 35.1 Å². The molecule has 0 N–H and O–H groups in total. The van der Waals surface area contributed by atoms with E-state index >= 15 is 0 Å². The highest BCUT2D eigenvalue weighted by Crippen LogP contribution is 2.30. The summed E-state index contributed by atoms with van der Waals surface area (Å²) in [6.45, 7) is 0. The Balaban J connectivity index is 3.35. The van der Waals surface area contributed by atoms with Gasteiger partial charge in [-0.15, -0.1) is 0 Å². The maximum atomic E-state index is 12.6. The summed E-state index contributed by atoms with van der Waals surface area (Å²) in [4.78, 5) is 24.4. The molecule has 0 atom stereocenters. The second-order valence-corrected chi connectivity index (χ2v) is 4.21. The second kappa shape index (κ2) is 5.98. The molecular formula is C9H7F2IN2O4. The summed E-state index contributed by atoms with van der Waals surface area (Å²) >= 11 is 1.51. The molecule has 0 radical (unpaired) electrons. The van der Waals surface area contributed by atoms with Crippen molar-refractivity contribution in [1.29, 1.82) is 0 Å². The predicted molar refractivity (Wildman–Crippen MR) is 64.3 cm³/mol. The van der Waals surface area contributed by atoms with Gasteiger partial charge in [0.2, 0.25) is 0 Å². The number of pyridine rings is 1. The van der Waals surface area contributed by atoms with Crippen LogP contribution in [0.4, 0.5) is 14.5 Å². The van der Waals surface area contributed by atoms with Crippen LogP contribution >= 0.6 is 22.6 Å². The number of carbonyl (C=O) groups excluding carboxylic acids is 1. The van der Waals surface area contributed by atoms with Crippen LogP contribution in [0.15, 0.2) is 6.20 Å². The maximum Gasteiger partial charge on any atom is 0.310 e. The molecule has 0 saturated carbocycles. The Hall–Kier alpha value is -1.39. The molecule has 0 aliphatic rings. The van der Waals surface area contributed by atoms with Crippen LogP contribution in [-0.4, -0.2) is 23.0 Å². The van der Waals surface area contributed by atoms with Gasteiger partial charge in [-0.3, -0.25) is 14.9 Å². The normalized spacial score (nSPS) is 10.5. The van der Waals surface area contributed by atoms with E-state index in [1.165, 1.54) is 22.6 Å². The van der Waals surface area contributed by atoms with E-state index in [1.54, 1.807) is 0 Å². The SMILES string of the molecule is COC(=O)Cc1c([N+](=O)[O-])cnc(C(F)F)c1I. The lowest BCUT2D eigenvalue weighted by Gasteiger charge is -2.08. The van der Waals surface area contributed by atoms with Crippen LogP contribution in [0.5, 0.6) is 0 Å². The number of rotatable bonds is 4. The van der Waals surface area contributed by atoms with Crippen molar-refractivity contribution < 1.29 is 23.2 Å². The van der Waals surface area contributed by atoms with Crippen LogP contribution in [0.25, 0.3) is 0 Å². The number of aromatic nitrogens is 1. The van der Waals surface area contributed by atoms with Gasteiger partial charge in [0.05, 0.1) is 27.6 Å². The number of ether oxygens (including phenoxy) is 1. The minimum Gasteiger partial charge on any atom is -0.469 e. The zero-order valence-electron chi connectivity index (χ0n) is 9.02. The monoisotopic (exact) mass is 372 g/mol. The molecule has 0 saturated heterocycles. The van der Waals surface area contributed by atoms with E-state index in [0.29, 0.717) is 0 Å². The van der Waals surface area contributed by atoms with Crippen molar-refractivity contribution >= 4 is 34.2 Å². The molecule has 0 aliphatic heterocycles. The highest BCUT2D eigenvalue weighted by atomic mass is 127. The van der Waals surface area contributed by atoms with Crippen molar-refractivity contribution in [1.82, 2.24) is 4.98 Å². The van der Waals surface area contributed by atoms with Crippen LogP contribution in [0.1, 0.15) is 17.7 Å². The van der Waals surface area contributed by atoms with Crippen molar-refractivity contribution in [3.8, 4) is 0 Å². The molecule has 0 bridgehead atoms. The largest absolute Gasteiger partial charge is 0.469 e. The van der Waals surface area contributed by atoms with E-state index in [2.05, 4.69) is 9.72 Å². The minimum atomic E-state index is -2.87. The van der Waals surface area contributed by atoms with Gasteiger partial charge in [-0.1, -0.05) is 0 Å². The lowest BCUT2D eigenvalue weighted by molar-refractivity contribution is -0.386. The number of hydrogen-bond donors (Lipinski definition) is 0. The summed E-state index contributed by atoms with van der Waals surface area (Å²) in [5.74, 6) is -0.748. The van der Waals surface area contributed by atoms with Crippen LogP contribution < -0.4 is 0 Å². The molecule has 1 aromatic heterocycles. The first-order valence-electron chi connectivity index (χ1n) is 4.55. The number of esters is 1. The summed E-state index contributed by atoms with van der Waals surface area (Å²) in [5, 5.41) is 10.7. The van der Waals surface area contributed by atoms with Crippen molar-refractivity contribution in [3.63, 3.8) is 0 Å². The zero-order valence-corrected chi connectivity index (χ0v) is 11.2. The number of halogens is 3. The summed E-state index contributed by atoms with van der Waals surface area (Å²) in [6.07, 6.45) is -2.59. The van der Waals surface area contributed by atoms with E-state index in [0.717, 1.165) is 13.3 Å². The molecule has 0 unspecified atom stereocenters. The molecule has 9 heteroatoms. The van der Waals surface area contributed by atoms with Gasteiger partial charge in [-0.05, 0) is 22.6 Å². The topological polar surface area (TPSA) is 82.3 Å². The first-order valence-corrected chi connectivity index (χ1v) is 5.63. The number of alkyl halides is 2. The third-order valence-electron chi connectivity index (χ3n) is 2.08. The van der Waals surface area contributed by atoms with Crippen LogP contribution in [-0.2, 0) is 16.0 Å². The Bertz CT molecular complexity index is 496. The zero-order chi connectivity index (χ0) is 13.9. The van der Waals surface area contributed by atoms with Gasteiger partial charge in [-0.25, -0.2) is 13.8 Å². The molecule has 1 heterocycles. The smallest absolute Gasteiger partial charge is 0.310 e. The molecule has 0 aromatic carbocycles. The van der Waals surface area contributed by atoms with Gasteiger partial charge >= 0.3 is 5.97 Å². The number of nitrogens with zero attached hydrogens (tertiary/aromatic N) is 2. The number of carbonyl (C=O) groups is 1. The highest BCUT2D eigenvalue weighted by molar-refractivity contribution is 14.1. The summed E-state index contributed by atoms with van der Waals surface area (Å²) in [7, 11) is 1.11. The van der Waals surface area contributed by atoms with E-state index in [1.807, 2.05) is 0 Å². The third-order valence-corrected chi connectivity index (χ3v) is 3.28. The quantitative estimate of drug-likeness (QED) is 0.351. The first-order chi connectivity index (χ1) is 8.38. The fraction of sp³-hybridized carbons (Fsp3) is 0.333. The third kappa shape index (κ3) is 3.09. The first kappa shape index (κ1) is 14.7. The Morgan fingerprint density at radius 3 is 2.72 bits per heavy atom. The maximum absolute atomic E-state index is 12.6. The van der Waals surface area contributed by atoms with Crippen LogP contribution in [0.2, 0.25) is 0 Å². The van der Waals surface area contributed by atoms with Gasteiger partial charge in [0, 0.05) is 0 Å². The van der Waals surface area contributed by atoms with Crippen molar-refractivity contribution in [2.75, 3.05) is 7.11 Å². The van der Waals surface area contributed by atoms with Gasteiger partial charge in [0.25, 0.3) is 12.1 Å². The Morgan fingerprint density at radius 2 is 2.28 bits per heavy atom. The molecular weight excluding hydrogens is 365 g/mol. The number of hydrogen-bond acceptors (Lipinski definition) is 5. The van der Waals surface area contributed by atoms with Crippen LogP contribution in [0, 0.1) is 13.7 Å². The van der Waals surface area contributed by atoms with Gasteiger partial charge in [0.1, 0.15) is 11.9 Å².